The topological polar surface area (TPSA) is 137 Å². The fourth-order valence-electron chi connectivity index (χ4n) is 3.12. The van der Waals surface area contributed by atoms with Gasteiger partial charge in [0.1, 0.15) is 29.7 Å². The van der Waals surface area contributed by atoms with Gasteiger partial charge in [-0.25, -0.2) is 4.79 Å². The Balaban J connectivity index is 2.31. The zero-order valence-electron chi connectivity index (χ0n) is 19.7. The maximum Gasteiger partial charge on any atom is 0.408 e. The molecule has 0 radical (unpaired) electrons. The number of aromatic hydroxyl groups is 1. The highest BCUT2D eigenvalue weighted by atomic mass is 16.6. The minimum absolute atomic E-state index is 0.160. The predicted molar refractivity (Wildman–Crippen MR) is 126 cm³/mol. The smallest absolute Gasteiger partial charge is 0.408 e. The molecule has 0 saturated carbocycles. The molecule has 10 heteroatoms. The second-order valence-corrected chi connectivity index (χ2v) is 8.35. The average molecular weight is 474 g/mol. The van der Waals surface area contributed by atoms with Crippen LogP contribution >= 0.6 is 0 Å². The predicted octanol–water partition coefficient (Wildman–Crippen LogP) is 2.43. The van der Waals surface area contributed by atoms with E-state index in [0.717, 1.165) is 4.90 Å². The van der Waals surface area contributed by atoms with Gasteiger partial charge in [-0.05, 0) is 51.1 Å². The molecule has 0 aliphatic heterocycles. The molecular formula is C24H31N3O7. The quantitative estimate of drug-likeness (QED) is 0.439. The average Bonchev–Trinajstić information content (AvgIpc) is 2.77. The Hall–Kier alpha value is -3.79. The van der Waals surface area contributed by atoms with Gasteiger partial charge in [-0.15, -0.1) is 0 Å². The molecule has 0 bridgehead atoms. The summed E-state index contributed by atoms with van der Waals surface area (Å²) in [6.07, 6.45) is -0.799. The molecule has 0 aliphatic rings. The molecule has 0 spiro atoms. The van der Waals surface area contributed by atoms with Crippen LogP contribution in [0.1, 0.15) is 32.4 Å². The maximum atomic E-state index is 13.3. The summed E-state index contributed by atoms with van der Waals surface area (Å²) in [7, 11) is 1.52. The standard InChI is InChI=1S/C24H31N3O7/c1-24(2,3)34-23(32)25-15-20(30)27(13-14-28)21(18-7-5-6-8-19(18)29)22(31)26-16-9-11-17(33-4)12-10-16/h5-12,21,28-29H,13-15H2,1-4H3,(H,25,32)(H,26,31). The lowest BCUT2D eigenvalue weighted by Gasteiger charge is -2.31. The summed E-state index contributed by atoms with van der Waals surface area (Å²) in [4.78, 5) is 39.4. The number of carbonyl (C=O) groups is 3. The first-order valence-electron chi connectivity index (χ1n) is 10.7. The van der Waals surface area contributed by atoms with Crippen molar-refractivity contribution in [2.75, 3.05) is 32.1 Å². The van der Waals surface area contributed by atoms with Crippen molar-refractivity contribution in [1.29, 1.82) is 0 Å². The number of phenols is 1. The van der Waals surface area contributed by atoms with Gasteiger partial charge < -0.3 is 35.2 Å². The third-order valence-corrected chi connectivity index (χ3v) is 4.59. The fraction of sp³-hybridized carbons (Fsp3) is 0.375. The monoisotopic (exact) mass is 473 g/mol. The number of phenolic OH excluding ortho intramolecular Hbond substituents is 1. The molecule has 4 N–H and O–H groups in total. The van der Waals surface area contributed by atoms with Gasteiger partial charge in [0, 0.05) is 17.8 Å². The van der Waals surface area contributed by atoms with E-state index in [1.54, 1.807) is 57.2 Å². The van der Waals surface area contributed by atoms with Gasteiger partial charge in [0.2, 0.25) is 5.91 Å². The summed E-state index contributed by atoms with van der Waals surface area (Å²) in [5, 5.41) is 25.1. The van der Waals surface area contributed by atoms with E-state index < -0.39 is 42.7 Å². The van der Waals surface area contributed by atoms with Gasteiger partial charge in [-0.2, -0.15) is 0 Å². The van der Waals surface area contributed by atoms with Gasteiger partial charge in [0.05, 0.1) is 13.7 Å². The van der Waals surface area contributed by atoms with Crippen LogP contribution in [0, 0.1) is 0 Å². The van der Waals surface area contributed by atoms with E-state index in [0.29, 0.717) is 11.4 Å². The number of carbonyl (C=O) groups excluding carboxylic acids is 3. The van der Waals surface area contributed by atoms with Crippen LogP contribution in [-0.4, -0.2) is 65.4 Å². The lowest BCUT2D eigenvalue weighted by Crippen LogP contribution is -2.47. The highest BCUT2D eigenvalue weighted by Crippen LogP contribution is 2.30. The van der Waals surface area contributed by atoms with Gasteiger partial charge in [-0.1, -0.05) is 18.2 Å². The van der Waals surface area contributed by atoms with Crippen molar-refractivity contribution in [2.45, 2.75) is 32.4 Å². The number of anilines is 1. The third kappa shape index (κ3) is 7.66. The number of nitrogens with one attached hydrogen (secondary N) is 2. The number of hydrogen-bond donors (Lipinski definition) is 4. The Morgan fingerprint density at radius 2 is 1.71 bits per heavy atom. The molecule has 10 nitrogen and oxygen atoms in total. The number of ether oxygens (including phenoxy) is 2. The van der Waals surface area contributed by atoms with E-state index in [-0.39, 0.29) is 17.9 Å². The number of hydrogen-bond acceptors (Lipinski definition) is 7. The van der Waals surface area contributed by atoms with E-state index >= 15 is 0 Å². The van der Waals surface area contributed by atoms with Crippen LogP contribution in [0.15, 0.2) is 48.5 Å². The maximum absolute atomic E-state index is 13.3. The molecular weight excluding hydrogens is 442 g/mol. The molecule has 0 aliphatic carbocycles. The summed E-state index contributed by atoms with van der Waals surface area (Å²) in [5.41, 5.74) is -0.156. The van der Waals surface area contributed by atoms with E-state index in [4.69, 9.17) is 9.47 Å². The minimum atomic E-state index is -1.29. The number of aliphatic hydroxyl groups is 1. The van der Waals surface area contributed by atoms with Gasteiger partial charge >= 0.3 is 6.09 Å². The van der Waals surface area contributed by atoms with Crippen molar-refractivity contribution in [3.63, 3.8) is 0 Å². The van der Waals surface area contributed by atoms with Crippen LogP contribution in [-0.2, 0) is 14.3 Å². The van der Waals surface area contributed by atoms with Gasteiger partial charge in [0.25, 0.3) is 5.91 Å². The number of methoxy groups -OCH3 is 1. The van der Waals surface area contributed by atoms with Crippen LogP contribution in [0.5, 0.6) is 11.5 Å². The molecule has 184 valence electrons. The molecule has 1 atom stereocenters. The van der Waals surface area contributed by atoms with Crippen molar-refractivity contribution >= 4 is 23.6 Å². The minimum Gasteiger partial charge on any atom is -0.508 e. The van der Waals surface area contributed by atoms with E-state index in [1.165, 1.54) is 19.2 Å². The van der Waals surface area contributed by atoms with E-state index in [9.17, 15) is 24.6 Å². The number of benzene rings is 2. The number of alkyl carbamates (subject to hydrolysis) is 1. The third-order valence-electron chi connectivity index (χ3n) is 4.59. The molecule has 2 aromatic rings. The lowest BCUT2D eigenvalue weighted by atomic mass is 10.0. The fourth-order valence-corrected chi connectivity index (χ4v) is 3.12. The van der Waals surface area contributed by atoms with Crippen LogP contribution in [0.3, 0.4) is 0 Å². The molecule has 0 heterocycles. The Bertz CT molecular complexity index is 987. The van der Waals surface area contributed by atoms with Crippen molar-refractivity contribution in [1.82, 2.24) is 10.2 Å². The van der Waals surface area contributed by atoms with Crippen LogP contribution in [0.4, 0.5) is 10.5 Å². The molecule has 34 heavy (non-hydrogen) atoms. The first kappa shape index (κ1) is 26.5. The molecule has 1 unspecified atom stereocenters. The zero-order valence-corrected chi connectivity index (χ0v) is 19.7. The van der Waals surface area contributed by atoms with Crippen molar-refractivity contribution in [2.24, 2.45) is 0 Å². The Morgan fingerprint density at radius 1 is 1.06 bits per heavy atom. The van der Waals surface area contributed by atoms with Crippen molar-refractivity contribution < 1.29 is 34.1 Å². The highest BCUT2D eigenvalue weighted by molar-refractivity contribution is 5.98. The number of nitrogens with zero attached hydrogens (tertiary/aromatic N) is 1. The van der Waals surface area contributed by atoms with Gasteiger partial charge in [0.15, 0.2) is 0 Å². The molecule has 2 aromatic carbocycles. The normalized spacial score (nSPS) is 11.8. The number of amides is 3. The number of rotatable bonds is 9. The second kappa shape index (κ2) is 11.9. The summed E-state index contributed by atoms with van der Waals surface area (Å²) in [6, 6.07) is 11.4. The second-order valence-electron chi connectivity index (χ2n) is 8.35. The van der Waals surface area contributed by atoms with Crippen molar-refractivity contribution in [3.8, 4) is 11.5 Å². The number of para-hydroxylation sites is 1. The Labute approximate surface area is 198 Å². The summed E-state index contributed by atoms with van der Waals surface area (Å²) < 4.78 is 10.3. The molecule has 0 fully saturated rings. The first-order chi connectivity index (χ1) is 16.1. The molecule has 3 amide bonds. The molecule has 0 aromatic heterocycles. The summed E-state index contributed by atoms with van der Waals surface area (Å²) in [5.74, 6) is -0.877. The lowest BCUT2D eigenvalue weighted by molar-refractivity contribution is -0.138. The van der Waals surface area contributed by atoms with Gasteiger partial charge in [-0.3, -0.25) is 9.59 Å². The summed E-state index contributed by atoms with van der Waals surface area (Å²) >= 11 is 0. The first-order valence-corrected chi connectivity index (χ1v) is 10.7. The Morgan fingerprint density at radius 3 is 2.26 bits per heavy atom. The molecule has 0 saturated heterocycles. The molecule has 2 rings (SSSR count). The van der Waals surface area contributed by atoms with Crippen LogP contribution in [0.2, 0.25) is 0 Å². The number of aliphatic hydroxyl groups excluding tert-OH is 1. The largest absolute Gasteiger partial charge is 0.508 e. The SMILES string of the molecule is COc1ccc(NC(=O)C(c2ccccc2O)N(CCO)C(=O)CNC(=O)OC(C)(C)C)cc1. The Kier molecular flexibility index (Phi) is 9.26. The van der Waals surface area contributed by atoms with Crippen LogP contribution < -0.4 is 15.4 Å². The van der Waals surface area contributed by atoms with E-state index in [1.807, 2.05) is 0 Å². The summed E-state index contributed by atoms with van der Waals surface area (Å²) in [6.45, 7) is 3.91. The highest BCUT2D eigenvalue weighted by Gasteiger charge is 2.33. The van der Waals surface area contributed by atoms with E-state index in [2.05, 4.69) is 10.6 Å². The zero-order chi connectivity index (χ0) is 25.3. The van der Waals surface area contributed by atoms with Crippen LogP contribution in [0.25, 0.3) is 0 Å². The van der Waals surface area contributed by atoms with Crippen molar-refractivity contribution in [3.05, 3.63) is 54.1 Å².